The van der Waals surface area contributed by atoms with E-state index in [1.807, 2.05) is 13.0 Å². The van der Waals surface area contributed by atoms with Gasteiger partial charge in [-0.05, 0) is 62.2 Å². The Bertz CT molecular complexity index is 1020. The maximum Gasteiger partial charge on any atom is 0.122 e. The Labute approximate surface area is 189 Å². The summed E-state index contributed by atoms with van der Waals surface area (Å²) in [7, 11) is 0.602. The third kappa shape index (κ3) is 5.49. The Morgan fingerprint density at radius 1 is 0.903 bits per heavy atom. The number of phenolic OH excluding ortho intramolecular Hbond substituents is 1. The molecule has 0 radical (unpaired) electrons. The molecule has 31 heavy (non-hydrogen) atoms. The van der Waals surface area contributed by atoms with Gasteiger partial charge in [0.25, 0.3) is 0 Å². The van der Waals surface area contributed by atoms with Crippen LogP contribution < -0.4 is 10.6 Å². The van der Waals surface area contributed by atoms with Gasteiger partial charge in [0, 0.05) is 23.0 Å². The number of aryl methyl sites for hydroxylation is 3. The van der Waals surface area contributed by atoms with Crippen LogP contribution in [-0.2, 0) is 11.7 Å². The van der Waals surface area contributed by atoms with E-state index >= 15 is 0 Å². The third-order valence-electron chi connectivity index (χ3n) is 6.13. The van der Waals surface area contributed by atoms with E-state index in [1.54, 1.807) is 0 Å². The lowest BCUT2D eigenvalue weighted by Gasteiger charge is -2.35. The summed E-state index contributed by atoms with van der Waals surface area (Å²) in [6, 6.07) is 21.5. The van der Waals surface area contributed by atoms with Crippen LogP contribution in [0.3, 0.4) is 0 Å². The molecular formula is C28H36NOP. The van der Waals surface area contributed by atoms with Crippen molar-refractivity contribution in [2.75, 3.05) is 5.32 Å². The molecule has 2 N–H and O–H groups in total. The number of phenols is 1. The van der Waals surface area contributed by atoms with E-state index in [1.165, 1.54) is 22.0 Å². The van der Waals surface area contributed by atoms with Crippen LogP contribution in [0.4, 0.5) is 5.69 Å². The molecule has 164 valence electrons. The monoisotopic (exact) mass is 433 g/mol. The first-order chi connectivity index (χ1) is 14.9. The highest BCUT2D eigenvalue weighted by atomic mass is 31.1. The number of benzene rings is 3. The van der Waals surface area contributed by atoms with E-state index in [0.717, 1.165) is 42.6 Å². The minimum atomic E-state index is -0.0492. The van der Waals surface area contributed by atoms with Gasteiger partial charge in [-0.3, -0.25) is 0 Å². The summed E-state index contributed by atoms with van der Waals surface area (Å²) in [5.41, 5.74) is 7.09. The Kier molecular flexibility index (Phi) is 7.79. The van der Waals surface area contributed by atoms with Crippen LogP contribution in [0.25, 0.3) is 0 Å². The second-order valence-corrected chi connectivity index (χ2v) is 10.4. The fourth-order valence-electron chi connectivity index (χ4n) is 4.47. The fraction of sp³-hybridized carbons (Fsp3) is 0.357. The second-order valence-electron chi connectivity index (χ2n) is 8.67. The maximum atomic E-state index is 11.1. The molecule has 0 heterocycles. The van der Waals surface area contributed by atoms with E-state index in [2.05, 4.69) is 87.6 Å². The van der Waals surface area contributed by atoms with Gasteiger partial charge in [0.05, 0.1) is 0 Å². The lowest BCUT2D eigenvalue weighted by molar-refractivity contribution is 0.438. The molecule has 3 rings (SSSR count). The quantitative estimate of drug-likeness (QED) is 0.346. The molecule has 3 aromatic rings. The minimum Gasteiger partial charge on any atom is -0.507 e. The van der Waals surface area contributed by atoms with Crippen molar-refractivity contribution >= 4 is 19.6 Å². The van der Waals surface area contributed by atoms with Crippen LogP contribution in [0.1, 0.15) is 60.9 Å². The molecule has 0 aliphatic heterocycles. The zero-order valence-corrected chi connectivity index (χ0v) is 20.5. The Morgan fingerprint density at radius 3 is 2.32 bits per heavy atom. The largest absolute Gasteiger partial charge is 0.507 e. The van der Waals surface area contributed by atoms with Crippen LogP contribution in [0.15, 0.2) is 60.7 Å². The summed E-state index contributed by atoms with van der Waals surface area (Å²) in [4.78, 5) is 0. The molecule has 0 aliphatic carbocycles. The van der Waals surface area contributed by atoms with Crippen molar-refractivity contribution in [1.29, 1.82) is 0 Å². The summed E-state index contributed by atoms with van der Waals surface area (Å²) in [6.45, 7) is 11.6. The van der Waals surface area contributed by atoms with Crippen LogP contribution >= 0.6 is 8.58 Å². The van der Waals surface area contributed by atoms with Crippen molar-refractivity contribution in [1.82, 2.24) is 0 Å². The van der Waals surface area contributed by atoms with E-state index in [-0.39, 0.29) is 5.16 Å². The topological polar surface area (TPSA) is 32.3 Å². The van der Waals surface area contributed by atoms with Crippen molar-refractivity contribution < 1.29 is 5.11 Å². The molecular weight excluding hydrogens is 397 g/mol. The van der Waals surface area contributed by atoms with E-state index < -0.39 is 0 Å². The highest BCUT2D eigenvalue weighted by Gasteiger charge is 2.33. The number of hydrogen-bond donors (Lipinski definition) is 2. The van der Waals surface area contributed by atoms with E-state index in [4.69, 9.17) is 0 Å². The second kappa shape index (κ2) is 10.3. The van der Waals surface area contributed by atoms with Crippen LogP contribution in [0, 0.1) is 20.8 Å². The summed E-state index contributed by atoms with van der Waals surface area (Å²) < 4.78 is 0. The SMILES string of the molecule is CCCC(CC)(Pc1ccc(C)cc1CNc1ccccc1)c1cc(C)cc(C)c1O. The van der Waals surface area contributed by atoms with Crippen LogP contribution in [0.5, 0.6) is 5.75 Å². The molecule has 2 atom stereocenters. The molecule has 0 bridgehead atoms. The lowest BCUT2D eigenvalue weighted by Crippen LogP contribution is -2.25. The Hall–Kier alpha value is -2.31. The third-order valence-corrected chi connectivity index (χ3v) is 8.24. The van der Waals surface area contributed by atoms with Gasteiger partial charge in [-0.1, -0.05) is 88.5 Å². The first kappa shape index (κ1) is 23.4. The van der Waals surface area contributed by atoms with Gasteiger partial charge in [-0.15, -0.1) is 0 Å². The number of aromatic hydroxyl groups is 1. The molecule has 3 heteroatoms. The van der Waals surface area contributed by atoms with E-state index in [0.29, 0.717) is 14.3 Å². The van der Waals surface area contributed by atoms with Gasteiger partial charge in [0.2, 0.25) is 0 Å². The van der Waals surface area contributed by atoms with Gasteiger partial charge in [-0.2, -0.15) is 0 Å². The molecule has 0 aliphatic rings. The maximum absolute atomic E-state index is 11.1. The first-order valence-corrected chi connectivity index (χ1v) is 12.4. The summed E-state index contributed by atoms with van der Waals surface area (Å²) >= 11 is 0. The smallest absolute Gasteiger partial charge is 0.122 e. The van der Waals surface area contributed by atoms with Gasteiger partial charge >= 0.3 is 0 Å². The molecule has 3 aromatic carbocycles. The highest BCUT2D eigenvalue weighted by Crippen LogP contribution is 2.51. The van der Waals surface area contributed by atoms with Crippen molar-refractivity contribution in [2.24, 2.45) is 0 Å². The summed E-state index contributed by atoms with van der Waals surface area (Å²) in [5, 5.41) is 16.0. The zero-order valence-electron chi connectivity index (χ0n) is 19.5. The predicted octanol–water partition coefficient (Wildman–Crippen LogP) is 7.34. The average Bonchev–Trinajstić information content (AvgIpc) is 2.76. The molecule has 0 amide bonds. The zero-order chi connectivity index (χ0) is 22.4. The van der Waals surface area contributed by atoms with Crippen molar-refractivity contribution in [3.05, 3.63) is 88.5 Å². The van der Waals surface area contributed by atoms with Gasteiger partial charge in [0.1, 0.15) is 5.75 Å². The van der Waals surface area contributed by atoms with Crippen molar-refractivity contribution in [3.8, 4) is 5.75 Å². The number of nitrogens with one attached hydrogen (secondary N) is 1. The molecule has 2 unspecified atom stereocenters. The normalized spacial score (nSPS) is 13.5. The van der Waals surface area contributed by atoms with Gasteiger partial charge in [0.15, 0.2) is 0 Å². The average molecular weight is 434 g/mol. The lowest BCUT2D eigenvalue weighted by atomic mass is 9.88. The van der Waals surface area contributed by atoms with Crippen molar-refractivity contribution in [3.63, 3.8) is 0 Å². The number of para-hydroxylation sites is 1. The molecule has 0 saturated carbocycles. The van der Waals surface area contributed by atoms with Gasteiger partial charge in [-0.25, -0.2) is 0 Å². The number of anilines is 1. The Morgan fingerprint density at radius 2 is 1.65 bits per heavy atom. The first-order valence-electron chi connectivity index (χ1n) is 11.4. The summed E-state index contributed by atoms with van der Waals surface area (Å²) in [5.74, 6) is 0.476. The minimum absolute atomic E-state index is 0.0492. The Balaban J connectivity index is 2.00. The molecule has 0 saturated heterocycles. The molecule has 0 aromatic heterocycles. The van der Waals surface area contributed by atoms with Crippen LogP contribution in [-0.4, -0.2) is 5.11 Å². The van der Waals surface area contributed by atoms with Crippen molar-refractivity contribution in [2.45, 2.75) is 65.6 Å². The molecule has 0 spiro atoms. The number of hydrogen-bond acceptors (Lipinski definition) is 2. The van der Waals surface area contributed by atoms with Gasteiger partial charge < -0.3 is 10.4 Å². The van der Waals surface area contributed by atoms with Crippen LogP contribution in [0.2, 0.25) is 0 Å². The highest BCUT2D eigenvalue weighted by molar-refractivity contribution is 7.48. The fourth-order valence-corrected chi connectivity index (χ4v) is 6.35. The summed E-state index contributed by atoms with van der Waals surface area (Å²) in [6.07, 6.45) is 3.17. The predicted molar refractivity (Wildman–Crippen MR) is 137 cm³/mol. The number of rotatable bonds is 9. The molecule has 2 nitrogen and oxygen atoms in total. The standard InChI is InChI=1S/C28H36NOP/c1-6-15-28(7-2,25-18-21(4)16-22(5)27(25)30)31-26-14-13-20(3)17-23(26)19-29-24-11-9-8-10-12-24/h8-14,16-18,29-31H,6-7,15,19H2,1-5H3. The molecule has 0 fully saturated rings. The van der Waals surface area contributed by atoms with E-state index in [9.17, 15) is 5.11 Å².